The van der Waals surface area contributed by atoms with E-state index in [1.165, 1.54) is 0 Å². The van der Waals surface area contributed by atoms with Crippen molar-refractivity contribution in [2.75, 3.05) is 32.8 Å². The van der Waals surface area contributed by atoms with Crippen LogP contribution in [0.2, 0.25) is 0 Å². The summed E-state index contributed by atoms with van der Waals surface area (Å²) in [6, 6.07) is 0. The van der Waals surface area contributed by atoms with Crippen molar-refractivity contribution in [2.24, 2.45) is 17.8 Å². The van der Waals surface area contributed by atoms with E-state index in [0.717, 1.165) is 32.6 Å². The Morgan fingerprint density at radius 1 is 1.31 bits per heavy atom. The summed E-state index contributed by atoms with van der Waals surface area (Å²) in [5.41, 5.74) is 0. The van der Waals surface area contributed by atoms with Crippen LogP contribution < -0.4 is 5.32 Å². The second-order valence-corrected chi connectivity index (χ2v) is 5.50. The summed E-state index contributed by atoms with van der Waals surface area (Å²) in [4.78, 5) is 14.3. The molecule has 3 saturated heterocycles. The largest absolute Gasteiger partial charge is 0.378 e. The number of carbonyl (C=O) groups is 1. The summed E-state index contributed by atoms with van der Waals surface area (Å²) in [7, 11) is 0. The molecule has 4 atom stereocenters. The number of hydrogen-bond acceptors (Lipinski definition) is 3. The van der Waals surface area contributed by atoms with Gasteiger partial charge in [0, 0.05) is 26.2 Å². The molecule has 3 heterocycles. The number of ether oxygens (including phenoxy) is 1. The summed E-state index contributed by atoms with van der Waals surface area (Å²) in [5.74, 6) is 1.85. The van der Waals surface area contributed by atoms with Gasteiger partial charge in [-0.3, -0.25) is 4.79 Å². The summed E-state index contributed by atoms with van der Waals surface area (Å²) < 4.78 is 5.48. The van der Waals surface area contributed by atoms with Crippen molar-refractivity contribution >= 4 is 5.91 Å². The predicted octanol–water partition coefficient (Wildman–Crippen LogP) is 0.0892. The maximum absolute atomic E-state index is 12.2. The van der Waals surface area contributed by atoms with E-state index in [9.17, 15) is 4.79 Å². The number of nitrogens with zero attached hydrogens (tertiary/aromatic N) is 1. The van der Waals surface area contributed by atoms with Gasteiger partial charge < -0.3 is 15.0 Å². The van der Waals surface area contributed by atoms with Gasteiger partial charge in [-0.05, 0) is 25.2 Å². The summed E-state index contributed by atoms with van der Waals surface area (Å²) in [6.07, 6.45) is 1.17. The van der Waals surface area contributed by atoms with E-state index < -0.39 is 0 Å². The SMILES string of the molecule is CC1CC(C(=O)N2CC3CNCC3C2)CO1. The van der Waals surface area contributed by atoms with Gasteiger partial charge in [-0.1, -0.05) is 0 Å². The van der Waals surface area contributed by atoms with Crippen molar-refractivity contribution in [2.45, 2.75) is 19.4 Å². The van der Waals surface area contributed by atoms with Gasteiger partial charge in [0.25, 0.3) is 0 Å². The molecule has 0 saturated carbocycles. The first-order chi connectivity index (χ1) is 7.74. The van der Waals surface area contributed by atoms with E-state index in [-0.39, 0.29) is 12.0 Å². The minimum atomic E-state index is 0.127. The molecule has 0 bridgehead atoms. The number of nitrogens with one attached hydrogen (secondary N) is 1. The smallest absolute Gasteiger partial charge is 0.228 e. The molecule has 0 aliphatic carbocycles. The van der Waals surface area contributed by atoms with Gasteiger partial charge in [0.1, 0.15) is 0 Å². The fraction of sp³-hybridized carbons (Fsp3) is 0.917. The number of likely N-dealkylation sites (tertiary alicyclic amines) is 1. The third-order valence-electron chi connectivity index (χ3n) is 4.25. The van der Waals surface area contributed by atoms with Crippen molar-refractivity contribution in [3.63, 3.8) is 0 Å². The molecule has 90 valence electrons. The third kappa shape index (κ3) is 1.74. The molecular weight excluding hydrogens is 204 g/mol. The maximum Gasteiger partial charge on any atom is 0.228 e. The van der Waals surface area contributed by atoms with Gasteiger partial charge in [-0.25, -0.2) is 0 Å². The van der Waals surface area contributed by atoms with E-state index in [1.54, 1.807) is 0 Å². The Morgan fingerprint density at radius 2 is 2.00 bits per heavy atom. The van der Waals surface area contributed by atoms with Gasteiger partial charge >= 0.3 is 0 Å². The first-order valence-corrected chi connectivity index (χ1v) is 6.35. The minimum Gasteiger partial charge on any atom is -0.378 e. The lowest BCUT2D eigenvalue weighted by atomic mass is 10.0. The second-order valence-electron chi connectivity index (χ2n) is 5.50. The fourth-order valence-corrected chi connectivity index (χ4v) is 3.28. The lowest BCUT2D eigenvalue weighted by Crippen LogP contribution is -2.36. The van der Waals surface area contributed by atoms with Crippen LogP contribution in [0.1, 0.15) is 13.3 Å². The second kappa shape index (κ2) is 4.00. The highest BCUT2D eigenvalue weighted by Crippen LogP contribution is 2.29. The summed E-state index contributed by atoms with van der Waals surface area (Å²) >= 11 is 0. The molecule has 4 nitrogen and oxygen atoms in total. The average Bonchev–Trinajstić information content (AvgIpc) is 2.89. The van der Waals surface area contributed by atoms with Crippen LogP contribution in [-0.4, -0.2) is 49.7 Å². The molecule has 0 aromatic heterocycles. The lowest BCUT2D eigenvalue weighted by Gasteiger charge is -2.20. The maximum atomic E-state index is 12.2. The van der Waals surface area contributed by atoms with E-state index in [0.29, 0.717) is 24.3 Å². The lowest BCUT2D eigenvalue weighted by molar-refractivity contribution is -0.134. The molecule has 3 aliphatic rings. The number of carbonyl (C=O) groups excluding carboxylic acids is 1. The molecule has 3 fully saturated rings. The van der Waals surface area contributed by atoms with E-state index in [1.807, 2.05) is 0 Å². The predicted molar refractivity (Wildman–Crippen MR) is 60.0 cm³/mol. The molecule has 4 unspecified atom stereocenters. The van der Waals surface area contributed by atoms with Gasteiger partial charge in [-0.2, -0.15) is 0 Å². The Balaban J connectivity index is 1.60. The van der Waals surface area contributed by atoms with Gasteiger partial charge in [0.2, 0.25) is 5.91 Å². The van der Waals surface area contributed by atoms with Crippen LogP contribution in [0.5, 0.6) is 0 Å². The van der Waals surface area contributed by atoms with E-state index in [4.69, 9.17) is 4.74 Å². The van der Waals surface area contributed by atoms with Crippen molar-refractivity contribution in [1.82, 2.24) is 10.2 Å². The Bertz CT molecular complexity index is 283. The fourth-order valence-electron chi connectivity index (χ4n) is 3.28. The Hall–Kier alpha value is -0.610. The van der Waals surface area contributed by atoms with Crippen LogP contribution in [-0.2, 0) is 9.53 Å². The third-order valence-corrected chi connectivity index (χ3v) is 4.25. The van der Waals surface area contributed by atoms with Crippen LogP contribution in [0.4, 0.5) is 0 Å². The summed E-state index contributed by atoms with van der Waals surface area (Å²) in [6.45, 7) is 6.78. The normalized spacial score (nSPS) is 42.7. The first-order valence-electron chi connectivity index (χ1n) is 6.35. The molecule has 3 aliphatic heterocycles. The molecule has 3 rings (SSSR count). The van der Waals surface area contributed by atoms with Crippen molar-refractivity contribution in [1.29, 1.82) is 0 Å². The first kappa shape index (κ1) is 10.5. The van der Waals surface area contributed by atoms with E-state index in [2.05, 4.69) is 17.1 Å². The number of hydrogen-bond donors (Lipinski definition) is 1. The molecule has 16 heavy (non-hydrogen) atoms. The van der Waals surface area contributed by atoms with Crippen molar-refractivity contribution in [3.8, 4) is 0 Å². The van der Waals surface area contributed by atoms with Crippen LogP contribution in [0, 0.1) is 17.8 Å². The number of amides is 1. The quantitative estimate of drug-likeness (QED) is 0.686. The molecule has 0 spiro atoms. The van der Waals surface area contributed by atoms with Crippen molar-refractivity contribution in [3.05, 3.63) is 0 Å². The van der Waals surface area contributed by atoms with Gasteiger partial charge in [-0.15, -0.1) is 0 Å². The van der Waals surface area contributed by atoms with Crippen LogP contribution in [0.15, 0.2) is 0 Å². The molecule has 1 amide bonds. The van der Waals surface area contributed by atoms with Gasteiger partial charge in [0.15, 0.2) is 0 Å². The van der Waals surface area contributed by atoms with Crippen molar-refractivity contribution < 1.29 is 9.53 Å². The van der Waals surface area contributed by atoms with Gasteiger partial charge in [0.05, 0.1) is 18.6 Å². The van der Waals surface area contributed by atoms with E-state index >= 15 is 0 Å². The highest BCUT2D eigenvalue weighted by atomic mass is 16.5. The monoisotopic (exact) mass is 224 g/mol. The zero-order valence-electron chi connectivity index (χ0n) is 9.82. The Morgan fingerprint density at radius 3 is 2.56 bits per heavy atom. The molecule has 0 aromatic carbocycles. The topological polar surface area (TPSA) is 41.6 Å². The Kier molecular flexibility index (Phi) is 2.64. The van der Waals surface area contributed by atoms with Crippen LogP contribution in [0.25, 0.3) is 0 Å². The average molecular weight is 224 g/mol. The molecule has 0 aromatic rings. The molecule has 0 radical (unpaired) electrons. The summed E-state index contributed by atoms with van der Waals surface area (Å²) in [5, 5.41) is 3.40. The minimum absolute atomic E-state index is 0.127. The van der Waals surface area contributed by atoms with Crippen LogP contribution >= 0.6 is 0 Å². The number of rotatable bonds is 1. The zero-order chi connectivity index (χ0) is 11.1. The zero-order valence-corrected chi connectivity index (χ0v) is 9.82. The van der Waals surface area contributed by atoms with Crippen LogP contribution in [0.3, 0.4) is 0 Å². The Labute approximate surface area is 96.3 Å². The standard InChI is InChI=1S/C12H20N2O2/c1-8-2-9(7-16-8)12(15)14-5-10-3-13-4-11(10)6-14/h8-11,13H,2-7H2,1H3. The highest BCUT2D eigenvalue weighted by Gasteiger charge is 2.41. The highest BCUT2D eigenvalue weighted by molar-refractivity contribution is 5.79. The molecule has 4 heteroatoms. The molecular formula is C12H20N2O2. The number of fused-ring (bicyclic) bond motifs is 1. The molecule has 1 N–H and O–H groups in total.